The largest absolute Gasteiger partial charge is 0.469 e. The first kappa shape index (κ1) is 15.2. The van der Waals surface area contributed by atoms with E-state index >= 15 is 0 Å². The van der Waals surface area contributed by atoms with Crippen LogP contribution in [0.2, 0.25) is 0 Å². The third kappa shape index (κ3) is 4.75. The van der Waals surface area contributed by atoms with Crippen LogP contribution in [0.5, 0.6) is 0 Å². The molecule has 1 heterocycles. The number of aryl methyl sites for hydroxylation is 1. The standard InChI is InChI=1S/C13H21N3O3/c1-10-8-11(14)9-15-13(10)16(6-7-18-2)5-4-12(17)19-3/h8-9H,4-7,14H2,1-3H3. The summed E-state index contributed by atoms with van der Waals surface area (Å²) in [6, 6.07) is 1.86. The summed E-state index contributed by atoms with van der Waals surface area (Å²) >= 11 is 0. The Balaban J connectivity index is 2.79. The highest BCUT2D eigenvalue weighted by atomic mass is 16.5. The molecule has 6 heteroatoms. The van der Waals surface area contributed by atoms with Crippen LogP contribution in [-0.4, -0.2) is 44.9 Å². The van der Waals surface area contributed by atoms with Crippen LogP contribution in [0.15, 0.2) is 12.3 Å². The van der Waals surface area contributed by atoms with Gasteiger partial charge in [0.15, 0.2) is 0 Å². The monoisotopic (exact) mass is 267 g/mol. The zero-order valence-corrected chi connectivity index (χ0v) is 11.7. The normalized spacial score (nSPS) is 10.3. The van der Waals surface area contributed by atoms with E-state index in [1.807, 2.05) is 17.9 Å². The van der Waals surface area contributed by atoms with E-state index in [1.165, 1.54) is 7.11 Å². The van der Waals surface area contributed by atoms with Gasteiger partial charge in [0.25, 0.3) is 0 Å². The quantitative estimate of drug-likeness (QED) is 0.742. The Morgan fingerprint density at radius 1 is 1.42 bits per heavy atom. The number of esters is 1. The van der Waals surface area contributed by atoms with Gasteiger partial charge >= 0.3 is 5.97 Å². The van der Waals surface area contributed by atoms with Crippen molar-refractivity contribution in [2.24, 2.45) is 0 Å². The molecule has 0 bridgehead atoms. The van der Waals surface area contributed by atoms with Gasteiger partial charge < -0.3 is 20.1 Å². The SMILES string of the molecule is COCCN(CCC(=O)OC)c1ncc(N)cc1C. The number of aromatic nitrogens is 1. The van der Waals surface area contributed by atoms with Gasteiger partial charge in [-0.2, -0.15) is 0 Å². The first-order valence-electron chi connectivity index (χ1n) is 6.11. The number of nitrogen functional groups attached to an aromatic ring is 1. The highest BCUT2D eigenvalue weighted by molar-refractivity contribution is 5.70. The Kier molecular flexibility index (Phi) is 6.08. The summed E-state index contributed by atoms with van der Waals surface area (Å²) in [7, 11) is 3.02. The van der Waals surface area contributed by atoms with Crippen molar-refractivity contribution in [3.8, 4) is 0 Å². The number of hydrogen-bond acceptors (Lipinski definition) is 6. The van der Waals surface area contributed by atoms with Crippen LogP contribution in [0, 0.1) is 6.92 Å². The average molecular weight is 267 g/mol. The second-order valence-electron chi connectivity index (χ2n) is 4.22. The van der Waals surface area contributed by atoms with E-state index in [9.17, 15) is 4.79 Å². The topological polar surface area (TPSA) is 77.7 Å². The molecule has 0 atom stereocenters. The maximum atomic E-state index is 11.2. The van der Waals surface area contributed by atoms with Crippen LogP contribution < -0.4 is 10.6 Å². The van der Waals surface area contributed by atoms with Gasteiger partial charge in [0.1, 0.15) is 5.82 Å². The average Bonchev–Trinajstić information content (AvgIpc) is 2.39. The molecule has 2 N–H and O–H groups in total. The van der Waals surface area contributed by atoms with Crippen molar-refractivity contribution in [3.63, 3.8) is 0 Å². The van der Waals surface area contributed by atoms with Gasteiger partial charge in [0.05, 0.1) is 32.0 Å². The fourth-order valence-electron chi connectivity index (χ4n) is 1.77. The molecule has 0 saturated carbocycles. The van der Waals surface area contributed by atoms with Crippen LogP contribution in [0.1, 0.15) is 12.0 Å². The van der Waals surface area contributed by atoms with Crippen molar-refractivity contribution >= 4 is 17.5 Å². The zero-order valence-electron chi connectivity index (χ0n) is 11.7. The third-order valence-electron chi connectivity index (χ3n) is 2.75. The van der Waals surface area contributed by atoms with Crippen molar-refractivity contribution in [2.45, 2.75) is 13.3 Å². The Hall–Kier alpha value is -1.82. The number of nitrogens with two attached hydrogens (primary N) is 1. The fraction of sp³-hybridized carbons (Fsp3) is 0.538. The summed E-state index contributed by atoms with van der Waals surface area (Å²) in [6.45, 7) is 3.70. The number of hydrogen-bond donors (Lipinski definition) is 1. The van der Waals surface area contributed by atoms with Crippen molar-refractivity contribution in [1.29, 1.82) is 0 Å². The lowest BCUT2D eigenvalue weighted by Gasteiger charge is -2.24. The third-order valence-corrected chi connectivity index (χ3v) is 2.75. The smallest absolute Gasteiger partial charge is 0.307 e. The molecule has 0 unspecified atom stereocenters. The minimum Gasteiger partial charge on any atom is -0.469 e. The second-order valence-corrected chi connectivity index (χ2v) is 4.22. The molecule has 0 fully saturated rings. The molecule has 0 aliphatic carbocycles. The molecule has 0 saturated heterocycles. The van der Waals surface area contributed by atoms with Gasteiger partial charge in [-0.3, -0.25) is 4.79 Å². The molecule has 0 aromatic carbocycles. The van der Waals surface area contributed by atoms with Crippen molar-refractivity contribution in [2.75, 3.05) is 44.5 Å². The molecule has 1 aromatic rings. The predicted octanol–water partition coefficient (Wildman–Crippen LogP) is 0.988. The van der Waals surface area contributed by atoms with Crippen LogP contribution in [0.3, 0.4) is 0 Å². The Labute approximate surface area is 113 Å². The molecule has 1 rings (SSSR count). The number of anilines is 2. The number of ether oxygens (including phenoxy) is 2. The molecule has 1 aromatic heterocycles. The van der Waals surface area contributed by atoms with Crippen LogP contribution >= 0.6 is 0 Å². The maximum absolute atomic E-state index is 11.2. The second kappa shape index (κ2) is 7.58. The van der Waals surface area contributed by atoms with Crippen molar-refractivity contribution in [1.82, 2.24) is 4.98 Å². The summed E-state index contributed by atoms with van der Waals surface area (Å²) in [6.07, 6.45) is 1.92. The van der Waals surface area contributed by atoms with Gasteiger partial charge in [-0.05, 0) is 18.6 Å². The highest BCUT2D eigenvalue weighted by Gasteiger charge is 2.13. The van der Waals surface area contributed by atoms with Crippen LogP contribution in [0.4, 0.5) is 11.5 Å². The lowest BCUT2D eigenvalue weighted by Crippen LogP contribution is -2.31. The highest BCUT2D eigenvalue weighted by Crippen LogP contribution is 2.19. The number of carbonyl (C=O) groups excluding carboxylic acids is 1. The van der Waals surface area contributed by atoms with Crippen LogP contribution in [-0.2, 0) is 14.3 Å². The number of methoxy groups -OCH3 is 2. The molecular weight excluding hydrogens is 246 g/mol. The van der Waals surface area contributed by atoms with Gasteiger partial charge in [-0.1, -0.05) is 0 Å². The van der Waals surface area contributed by atoms with Crippen molar-refractivity contribution < 1.29 is 14.3 Å². The zero-order chi connectivity index (χ0) is 14.3. The van der Waals surface area contributed by atoms with Gasteiger partial charge in [0.2, 0.25) is 0 Å². The van der Waals surface area contributed by atoms with E-state index in [2.05, 4.69) is 9.72 Å². The Morgan fingerprint density at radius 2 is 2.16 bits per heavy atom. The fourth-order valence-corrected chi connectivity index (χ4v) is 1.77. The first-order chi connectivity index (χ1) is 9.08. The van der Waals surface area contributed by atoms with E-state index in [1.54, 1.807) is 13.3 Å². The molecule has 0 spiro atoms. The van der Waals surface area contributed by atoms with Crippen molar-refractivity contribution in [3.05, 3.63) is 17.8 Å². The molecule has 0 radical (unpaired) electrons. The summed E-state index contributed by atoms with van der Waals surface area (Å²) in [5, 5.41) is 0. The molecule has 0 aliphatic heterocycles. The van der Waals surface area contributed by atoms with Crippen LogP contribution in [0.25, 0.3) is 0 Å². The number of rotatable bonds is 7. The number of carbonyl (C=O) groups is 1. The Bertz CT molecular complexity index is 424. The Morgan fingerprint density at radius 3 is 2.74 bits per heavy atom. The summed E-state index contributed by atoms with van der Waals surface area (Å²) in [5.74, 6) is 0.575. The maximum Gasteiger partial charge on any atom is 0.307 e. The molecule has 0 amide bonds. The molecular formula is C13H21N3O3. The van der Waals surface area contributed by atoms with E-state index in [0.717, 1.165) is 11.4 Å². The van der Waals surface area contributed by atoms with E-state index in [4.69, 9.17) is 10.5 Å². The minimum absolute atomic E-state index is 0.240. The number of nitrogens with zero attached hydrogens (tertiary/aromatic N) is 2. The summed E-state index contributed by atoms with van der Waals surface area (Å²) < 4.78 is 9.73. The van der Waals surface area contributed by atoms with Gasteiger partial charge in [-0.15, -0.1) is 0 Å². The molecule has 19 heavy (non-hydrogen) atoms. The van der Waals surface area contributed by atoms with Gasteiger partial charge in [-0.25, -0.2) is 4.98 Å². The lowest BCUT2D eigenvalue weighted by atomic mass is 10.2. The minimum atomic E-state index is -0.240. The summed E-state index contributed by atoms with van der Waals surface area (Å²) in [4.78, 5) is 17.6. The summed E-state index contributed by atoms with van der Waals surface area (Å²) in [5.41, 5.74) is 7.29. The van der Waals surface area contributed by atoms with E-state index in [0.29, 0.717) is 31.8 Å². The van der Waals surface area contributed by atoms with E-state index < -0.39 is 0 Å². The van der Waals surface area contributed by atoms with Gasteiger partial charge in [0, 0.05) is 20.2 Å². The molecule has 106 valence electrons. The number of pyridine rings is 1. The molecule has 6 nitrogen and oxygen atoms in total. The predicted molar refractivity (Wildman–Crippen MR) is 74.1 cm³/mol. The first-order valence-corrected chi connectivity index (χ1v) is 6.11. The lowest BCUT2D eigenvalue weighted by molar-refractivity contribution is -0.140. The van der Waals surface area contributed by atoms with E-state index in [-0.39, 0.29) is 5.97 Å². The molecule has 0 aliphatic rings.